The van der Waals surface area contributed by atoms with E-state index < -0.39 is 0 Å². The normalized spacial score (nSPS) is 10.4. The van der Waals surface area contributed by atoms with E-state index in [0.717, 1.165) is 17.3 Å². The smallest absolute Gasteiger partial charge is 0.134 e. The van der Waals surface area contributed by atoms with Crippen LogP contribution in [0, 0.1) is 6.92 Å². The molecule has 0 fully saturated rings. The molecular weight excluding hydrogens is 204 g/mol. The quantitative estimate of drug-likeness (QED) is 0.828. The summed E-state index contributed by atoms with van der Waals surface area (Å²) in [5, 5.41) is 7.78. The summed E-state index contributed by atoms with van der Waals surface area (Å²) in [7, 11) is 0. The second-order valence-corrected chi connectivity index (χ2v) is 3.38. The van der Waals surface area contributed by atoms with Crippen LogP contribution in [0.2, 0.25) is 0 Å². The number of nitrogens with zero attached hydrogens (tertiary/aromatic N) is 3. The van der Waals surface area contributed by atoms with Crippen molar-refractivity contribution in [1.29, 1.82) is 0 Å². The molecular formula is C11H14N4O. The Hall–Kier alpha value is -1.88. The number of hydrogen-bond acceptors (Lipinski definition) is 4. The molecule has 2 N–H and O–H groups in total. The maximum absolute atomic E-state index is 5.45. The summed E-state index contributed by atoms with van der Waals surface area (Å²) in [6.07, 6.45) is 1.68. The highest BCUT2D eigenvalue weighted by atomic mass is 16.5. The van der Waals surface area contributed by atoms with Crippen molar-refractivity contribution in [3.63, 3.8) is 0 Å². The highest BCUT2D eigenvalue weighted by Crippen LogP contribution is 2.17. The molecule has 0 saturated heterocycles. The molecule has 1 aromatic heterocycles. The van der Waals surface area contributed by atoms with Crippen molar-refractivity contribution in [3.8, 4) is 11.4 Å². The Bertz CT molecular complexity index is 467. The molecule has 1 aromatic carbocycles. The van der Waals surface area contributed by atoms with Gasteiger partial charge in [0, 0.05) is 12.6 Å². The fourth-order valence-electron chi connectivity index (χ4n) is 1.45. The molecule has 1 heterocycles. The van der Waals surface area contributed by atoms with Gasteiger partial charge in [0.2, 0.25) is 0 Å². The van der Waals surface area contributed by atoms with E-state index in [1.165, 1.54) is 0 Å². The highest BCUT2D eigenvalue weighted by Gasteiger charge is 2.02. The van der Waals surface area contributed by atoms with Crippen molar-refractivity contribution in [2.24, 2.45) is 5.73 Å². The maximum atomic E-state index is 5.45. The third kappa shape index (κ3) is 2.20. The fraction of sp³-hybridized carbons (Fsp3) is 0.273. The van der Waals surface area contributed by atoms with Gasteiger partial charge in [0.25, 0.3) is 0 Å². The third-order valence-corrected chi connectivity index (χ3v) is 2.20. The Balaban J connectivity index is 2.26. The van der Waals surface area contributed by atoms with Gasteiger partial charge >= 0.3 is 0 Å². The first-order valence-corrected chi connectivity index (χ1v) is 5.11. The van der Waals surface area contributed by atoms with Crippen LogP contribution in [-0.4, -0.2) is 27.9 Å². The van der Waals surface area contributed by atoms with Gasteiger partial charge in [-0.3, -0.25) is 4.57 Å². The van der Waals surface area contributed by atoms with Gasteiger partial charge in [-0.1, -0.05) is 6.07 Å². The predicted octanol–water partition coefficient (Wildman–Crippen LogP) is 0.913. The molecule has 0 atom stereocenters. The van der Waals surface area contributed by atoms with Crippen LogP contribution in [0.3, 0.4) is 0 Å². The third-order valence-electron chi connectivity index (χ3n) is 2.20. The number of aromatic nitrogens is 3. The molecule has 16 heavy (non-hydrogen) atoms. The fourth-order valence-corrected chi connectivity index (χ4v) is 1.45. The largest absolute Gasteiger partial charge is 0.492 e. The zero-order valence-electron chi connectivity index (χ0n) is 9.13. The van der Waals surface area contributed by atoms with Crippen LogP contribution >= 0.6 is 0 Å². The van der Waals surface area contributed by atoms with E-state index in [2.05, 4.69) is 10.2 Å². The average molecular weight is 218 g/mol. The van der Waals surface area contributed by atoms with Crippen molar-refractivity contribution >= 4 is 0 Å². The van der Waals surface area contributed by atoms with Crippen LogP contribution in [0.25, 0.3) is 5.69 Å². The van der Waals surface area contributed by atoms with Gasteiger partial charge in [-0.2, -0.15) is 0 Å². The van der Waals surface area contributed by atoms with E-state index in [1.54, 1.807) is 6.33 Å². The zero-order valence-corrected chi connectivity index (χ0v) is 9.13. The molecule has 5 nitrogen and oxygen atoms in total. The summed E-state index contributed by atoms with van der Waals surface area (Å²) >= 11 is 0. The highest BCUT2D eigenvalue weighted by molar-refractivity contribution is 5.39. The summed E-state index contributed by atoms with van der Waals surface area (Å²) in [5.41, 5.74) is 6.37. The minimum atomic E-state index is 0.510. The van der Waals surface area contributed by atoms with Crippen molar-refractivity contribution in [2.45, 2.75) is 6.92 Å². The second-order valence-electron chi connectivity index (χ2n) is 3.38. The number of ether oxygens (including phenoxy) is 1. The van der Waals surface area contributed by atoms with E-state index in [4.69, 9.17) is 10.5 Å². The lowest BCUT2D eigenvalue weighted by Crippen LogP contribution is -2.10. The van der Waals surface area contributed by atoms with Crippen LogP contribution in [0.5, 0.6) is 5.75 Å². The van der Waals surface area contributed by atoms with Gasteiger partial charge in [0.05, 0.1) is 5.69 Å². The Morgan fingerprint density at radius 1 is 1.44 bits per heavy atom. The van der Waals surface area contributed by atoms with E-state index >= 15 is 0 Å². The molecule has 0 bridgehead atoms. The molecule has 84 valence electrons. The Morgan fingerprint density at radius 2 is 2.31 bits per heavy atom. The number of rotatable bonds is 4. The van der Waals surface area contributed by atoms with Crippen molar-refractivity contribution in [3.05, 3.63) is 36.4 Å². The lowest BCUT2D eigenvalue weighted by molar-refractivity contribution is 0.328. The van der Waals surface area contributed by atoms with Gasteiger partial charge in [0.1, 0.15) is 24.5 Å². The summed E-state index contributed by atoms with van der Waals surface area (Å²) in [6, 6.07) is 7.75. The van der Waals surface area contributed by atoms with Gasteiger partial charge in [0.15, 0.2) is 0 Å². The monoisotopic (exact) mass is 218 g/mol. The van der Waals surface area contributed by atoms with E-state index in [-0.39, 0.29) is 0 Å². The second kappa shape index (κ2) is 4.76. The minimum absolute atomic E-state index is 0.510. The van der Waals surface area contributed by atoms with Gasteiger partial charge in [-0.25, -0.2) is 0 Å². The average Bonchev–Trinajstić information content (AvgIpc) is 2.73. The van der Waals surface area contributed by atoms with Crippen molar-refractivity contribution in [2.75, 3.05) is 13.2 Å². The first kappa shape index (κ1) is 10.6. The van der Waals surface area contributed by atoms with Gasteiger partial charge in [-0.05, 0) is 19.1 Å². The molecule has 0 radical (unpaired) electrons. The Kier molecular flexibility index (Phi) is 3.16. The van der Waals surface area contributed by atoms with Crippen molar-refractivity contribution in [1.82, 2.24) is 14.8 Å². The maximum Gasteiger partial charge on any atom is 0.134 e. The first-order valence-electron chi connectivity index (χ1n) is 5.11. The predicted molar refractivity (Wildman–Crippen MR) is 60.6 cm³/mol. The lowest BCUT2D eigenvalue weighted by atomic mass is 10.3. The molecule has 0 unspecified atom stereocenters. The Labute approximate surface area is 93.9 Å². The van der Waals surface area contributed by atoms with Crippen LogP contribution in [0.4, 0.5) is 0 Å². The number of aryl methyl sites for hydroxylation is 1. The number of benzene rings is 1. The number of nitrogens with two attached hydrogens (primary N) is 1. The number of hydrogen-bond donors (Lipinski definition) is 1. The van der Waals surface area contributed by atoms with Crippen LogP contribution in [-0.2, 0) is 0 Å². The zero-order chi connectivity index (χ0) is 11.4. The molecule has 0 amide bonds. The molecule has 0 aliphatic carbocycles. The summed E-state index contributed by atoms with van der Waals surface area (Å²) in [6.45, 7) is 2.93. The summed E-state index contributed by atoms with van der Waals surface area (Å²) in [4.78, 5) is 0. The standard InChI is InChI=1S/C11H14N4O/c1-9-14-13-8-15(9)10-3-2-4-11(7-10)16-6-5-12/h2-4,7-8H,5-6,12H2,1H3. The molecule has 0 aliphatic heterocycles. The lowest BCUT2D eigenvalue weighted by Gasteiger charge is -2.07. The molecule has 2 aromatic rings. The molecule has 0 aliphatic rings. The topological polar surface area (TPSA) is 66.0 Å². The van der Waals surface area contributed by atoms with Gasteiger partial charge < -0.3 is 10.5 Å². The summed E-state index contributed by atoms with van der Waals surface area (Å²) < 4.78 is 7.35. The minimum Gasteiger partial charge on any atom is -0.492 e. The van der Waals surface area contributed by atoms with Crippen molar-refractivity contribution < 1.29 is 4.74 Å². The molecule has 0 saturated carbocycles. The SMILES string of the molecule is Cc1nncn1-c1cccc(OCCN)c1. The van der Waals surface area contributed by atoms with Crippen LogP contribution in [0.15, 0.2) is 30.6 Å². The molecule has 2 rings (SSSR count). The van der Waals surface area contributed by atoms with E-state index in [0.29, 0.717) is 13.2 Å². The Morgan fingerprint density at radius 3 is 3.00 bits per heavy atom. The van der Waals surface area contributed by atoms with E-state index in [9.17, 15) is 0 Å². The van der Waals surface area contributed by atoms with E-state index in [1.807, 2.05) is 35.8 Å². The molecule has 5 heteroatoms. The van der Waals surface area contributed by atoms with Gasteiger partial charge in [-0.15, -0.1) is 10.2 Å². The first-order chi connectivity index (χ1) is 7.81. The molecule has 0 spiro atoms. The van der Waals surface area contributed by atoms with Crippen LogP contribution in [0.1, 0.15) is 5.82 Å². The van der Waals surface area contributed by atoms with Crippen LogP contribution < -0.4 is 10.5 Å². The summed E-state index contributed by atoms with van der Waals surface area (Å²) in [5.74, 6) is 1.65.